The first-order valence-electron chi connectivity index (χ1n) is 5.11. The van der Waals surface area contributed by atoms with Crippen LogP contribution < -0.4 is 0 Å². The molecule has 0 N–H and O–H groups in total. The van der Waals surface area contributed by atoms with Gasteiger partial charge in [-0.05, 0) is 35.9 Å². The van der Waals surface area contributed by atoms with Crippen LogP contribution in [0.4, 0.5) is 0 Å². The Labute approximate surface area is 94.9 Å². The largest absolute Gasteiger partial charge is 0.149 e. The minimum atomic E-state index is 1.03. The fraction of sp³-hybridized carbons (Fsp3) is 0.143. The van der Waals surface area contributed by atoms with Crippen LogP contribution in [0.1, 0.15) is 16.0 Å². The van der Waals surface area contributed by atoms with Gasteiger partial charge in [0.05, 0.1) is 0 Å². The van der Waals surface area contributed by atoms with Crippen LogP contribution in [0.25, 0.3) is 6.08 Å². The molecule has 1 heteroatoms. The van der Waals surface area contributed by atoms with Gasteiger partial charge in [0.1, 0.15) is 0 Å². The predicted molar refractivity (Wildman–Crippen MR) is 68.2 cm³/mol. The minimum absolute atomic E-state index is 1.03. The first-order chi connectivity index (χ1) is 7.36. The maximum absolute atomic E-state index is 2.23. The van der Waals surface area contributed by atoms with Gasteiger partial charge in [0.15, 0.2) is 0 Å². The van der Waals surface area contributed by atoms with Crippen molar-refractivity contribution in [2.45, 2.75) is 13.3 Å². The molecule has 1 aromatic carbocycles. The van der Waals surface area contributed by atoms with Gasteiger partial charge in [-0.3, -0.25) is 0 Å². The Kier molecular flexibility index (Phi) is 3.36. The molecule has 0 aliphatic heterocycles. The summed E-state index contributed by atoms with van der Waals surface area (Å²) in [6.45, 7) is 2.18. The summed E-state index contributed by atoms with van der Waals surface area (Å²) in [5, 5.41) is 2.15. The zero-order valence-electron chi connectivity index (χ0n) is 8.81. The van der Waals surface area contributed by atoms with Crippen LogP contribution in [0.15, 0.2) is 47.9 Å². The topological polar surface area (TPSA) is 0 Å². The van der Waals surface area contributed by atoms with Crippen LogP contribution in [0.3, 0.4) is 0 Å². The first kappa shape index (κ1) is 10.2. The summed E-state index contributed by atoms with van der Waals surface area (Å²) < 4.78 is 0. The lowest BCUT2D eigenvalue weighted by Crippen LogP contribution is -1.78. The number of hydrogen-bond donors (Lipinski definition) is 0. The Morgan fingerprint density at radius 3 is 2.60 bits per heavy atom. The first-order valence-corrected chi connectivity index (χ1v) is 5.99. The van der Waals surface area contributed by atoms with Crippen molar-refractivity contribution in [2.75, 3.05) is 0 Å². The molecule has 0 bridgehead atoms. The van der Waals surface area contributed by atoms with E-state index in [0.717, 1.165) is 6.42 Å². The molecule has 0 saturated carbocycles. The van der Waals surface area contributed by atoms with E-state index in [-0.39, 0.29) is 0 Å². The third-order valence-corrected chi connectivity index (χ3v) is 3.30. The Balaban J connectivity index is 2.00. The molecule has 0 nitrogen and oxygen atoms in total. The molecule has 0 atom stereocenters. The molecule has 0 spiro atoms. The van der Waals surface area contributed by atoms with E-state index in [9.17, 15) is 0 Å². The third-order valence-electron chi connectivity index (χ3n) is 2.41. The van der Waals surface area contributed by atoms with Crippen molar-refractivity contribution in [3.05, 3.63) is 63.9 Å². The van der Waals surface area contributed by atoms with E-state index in [2.05, 4.69) is 54.8 Å². The molecule has 2 aromatic rings. The van der Waals surface area contributed by atoms with E-state index < -0.39 is 0 Å². The fourth-order valence-electron chi connectivity index (χ4n) is 1.51. The van der Waals surface area contributed by atoms with E-state index in [1.165, 1.54) is 16.0 Å². The van der Waals surface area contributed by atoms with Gasteiger partial charge >= 0.3 is 0 Å². The average Bonchev–Trinajstić information content (AvgIpc) is 2.66. The number of rotatable bonds is 3. The number of hydrogen-bond acceptors (Lipinski definition) is 1. The number of aryl methyl sites for hydroxylation is 1. The van der Waals surface area contributed by atoms with Crippen molar-refractivity contribution >= 4 is 17.4 Å². The molecule has 76 valence electrons. The van der Waals surface area contributed by atoms with Crippen LogP contribution in [0.2, 0.25) is 0 Å². The van der Waals surface area contributed by atoms with E-state index in [0.29, 0.717) is 0 Å². The standard InChI is InChI=1S/C14H14S/c1-12-14(10-11-15-12)9-5-8-13-6-3-2-4-7-13/h2-8,10-11H,9H2,1H3/b8-5+. The Morgan fingerprint density at radius 1 is 1.13 bits per heavy atom. The summed E-state index contributed by atoms with van der Waals surface area (Å²) in [7, 11) is 0. The Bertz CT molecular complexity index is 437. The SMILES string of the molecule is Cc1sccc1C/C=C/c1ccccc1. The monoisotopic (exact) mass is 214 g/mol. The molecule has 0 unspecified atom stereocenters. The second-order valence-corrected chi connectivity index (χ2v) is 4.64. The summed E-state index contributed by atoms with van der Waals surface area (Å²) >= 11 is 1.82. The summed E-state index contributed by atoms with van der Waals surface area (Å²) in [6.07, 6.45) is 5.44. The van der Waals surface area contributed by atoms with E-state index in [1.807, 2.05) is 17.4 Å². The molecule has 0 saturated heterocycles. The number of allylic oxidation sites excluding steroid dienone is 1. The van der Waals surface area contributed by atoms with Crippen molar-refractivity contribution in [3.8, 4) is 0 Å². The second kappa shape index (κ2) is 4.94. The van der Waals surface area contributed by atoms with Crippen molar-refractivity contribution in [1.82, 2.24) is 0 Å². The normalized spacial score (nSPS) is 11.0. The lowest BCUT2D eigenvalue weighted by Gasteiger charge is -1.94. The van der Waals surface area contributed by atoms with Gasteiger partial charge in [0, 0.05) is 4.88 Å². The van der Waals surface area contributed by atoms with Crippen molar-refractivity contribution in [3.63, 3.8) is 0 Å². The molecule has 15 heavy (non-hydrogen) atoms. The maximum Gasteiger partial charge on any atom is 0.00493 e. The van der Waals surface area contributed by atoms with Gasteiger partial charge in [0.2, 0.25) is 0 Å². The lowest BCUT2D eigenvalue weighted by atomic mass is 10.1. The molecule has 0 aliphatic carbocycles. The van der Waals surface area contributed by atoms with E-state index in [4.69, 9.17) is 0 Å². The van der Waals surface area contributed by atoms with Crippen LogP contribution in [-0.4, -0.2) is 0 Å². The predicted octanol–water partition coefficient (Wildman–Crippen LogP) is 4.31. The average molecular weight is 214 g/mol. The summed E-state index contributed by atoms with van der Waals surface area (Å²) in [6, 6.07) is 12.6. The Hall–Kier alpha value is -1.34. The van der Waals surface area contributed by atoms with Gasteiger partial charge in [-0.1, -0.05) is 42.5 Å². The molecule has 0 amide bonds. The maximum atomic E-state index is 2.23. The van der Waals surface area contributed by atoms with E-state index >= 15 is 0 Å². The van der Waals surface area contributed by atoms with E-state index in [1.54, 1.807) is 0 Å². The Morgan fingerprint density at radius 2 is 1.93 bits per heavy atom. The highest BCUT2D eigenvalue weighted by atomic mass is 32.1. The summed E-state index contributed by atoms with van der Waals surface area (Å²) in [5.74, 6) is 0. The highest BCUT2D eigenvalue weighted by Crippen LogP contribution is 2.16. The van der Waals surface area contributed by atoms with Crippen LogP contribution in [0.5, 0.6) is 0 Å². The molecule has 2 rings (SSSR count). The van der Waals surface area contributed by atoms with Crippen LogP contribution in [-0.2, 0) is 6.42 Å². The van der Waals surface area contributed by atoms with Crippen molar-refractivity contribution in [2.24, 2.45) is 0 Å². The minimum Gasteiger partial charge on any atom is -0.149 e. The summed E-state index contributed by atoms with van der Waals surface area (Å²) in [4.78, 5) is 1.42. The number of thiophene rings is 1. The van der Waals surface area contributed by atoms with Crippen molar-refractivity contribution < 1.29 is 0 Å². The van der Waals surface area contributed by atoms with Gasteiger partial charge in [-0.2, -0.15) is 0 Å². The zero-order valence-corrected chi connectivity index (χ0v) is 9.63. The summed E-state index contributed by atoms with van der Waals surface area (Å²) in [5.41, 5.74) is 2.71. The van der Waals surface area contributed by atoms with Gasteiger partial charge in [-0.15, -0.1) is 11.3 Å². The van der Waals surface area contributed by atoms with Gasteiger partial charge in [0.25, 0.3) is 0 Å². The molecule has 1 heterocycles. The second-order valence-electron chi connectivity index (χ2n) is 3.52. The van der Waals surface area contributed by atoms with Crippen molar-refractivity contribution in [1.29, 1.82) is 0 Å². The van der Waals surface area contributed by atoms with Gasteiger partial charge < -0.3 is 0 Å². The van der Waals surface area contributed by atoms with Crippen LogP contribution >= 0.6 is 11.3 Å². The quantitative estimate of drug-likeness (QED) is 0.714. The highest BCUT2D eigenvalue weighted by molar-refractivity contribution is 7.10. The molecular formula is C14H14S. The number of benzene rings is 1. The van der Waals surface area contributed by atoms with Crippen LogP contribution in [0, 0.1) is 6.92 Å². The fourth-order valence-corrected chi connectivity index (χ4v) is 2.25. The molecule has 0 fully saturated rings. The molecule has 1 aromatic heterocycles. The highest BCUT2D eigenvalue weighted by Gasteiger charge is 1.95. The smallest absolute Gasteiger partial charge is 0.00493 e. The molecule has 0 radical (unpaired) electrons. The third kappa shape index (κ3) is 2.80. The van der Waals surface area contributed by atoms with Gasteiger partial charge in [-0.25, -0.2) is 0 Å². The lowest BCUT2D eigenvalue weighted by molar-refractivity contribution is 1.27. The molecular weight excluding hydrogens is 200 g/mol. The zero-order chi connectivity index (χ0) is 10.5. The molecule has 0 aliphatic rings.